The number of benzene rings is 1. The molecule has 5 rings (SSSR count). The van der Waals surface area contributed by atoms with Crippen LogP contribution in [0.4, 0.5) is 18.9 Å². The molecule has 14 heteroatoms. The van der Waals surface area contributed by atoms with E-state index in [1.54, 1.807) is 33.9 Å². The van der Waals surface area contributed by atoms with Crippen molar-refractivity contribution in [1.29, 1.82) is 0 Å². The Hall–Kier alpha value is -4.32. The van der Waals surface area contributed by atoms with Crippen molar-refractivity contribution < 1.29 is 26.4 Å². The summed E-state index contributed by atoms with van der Waals surface area (Å²) in [5.74, 6) is 5.19. The Morgan fingerprint density at radius 1 is 1.05 bits per heavy atom. The third-order valence-electron chi connectivity index (χ3n) is 6.48. The van der Waals surface area contributed by atoms with Crippen LogP contribution in [0.2, 0.25) is 0 Å². The van der Waals surface area contributed by atoms with Crippen LogP contribution >= 0.6 is 0 Å². The second kappa shape index (κ2) is 11.3. The molecule has 1 aliphatic heterocycles. The first-order valence-corrected chi connectivity index (χ1v) is 14.3. The van der Waals surface area contributed by atoms with Crippen molar-refractivity contribution in [2.24, 2.45) is 0 Å². The van der Waals surface area contributed by atoms with Gasteiger partial charge in [0.1, 0.15) is 5.69 Å². The lowest BCUT2D eigenvalue weighted by atomic mass is 10.0. The third-order valence-corrected chi connectivity index (χ3v) is 7.78. The van der Waals surface area contributed by atoms with Gasteiger partial charge >= 0.3 is 6.18 Å². The average Bonchev–Trinajstić information content (AvgIpc) is 3.35. The molecular formula is C27H24F3N7O3S. The molecule has 212 valence electrons. The zero-order chi connectivity index (χ0) is 29.2. The van der Waals surface area contributed by atoms with Crippen LogP contribution in [0.25, 0.3) is 5.65 Å². The molecule has 0 aliphatic carbocycles. The van der Waals surface area contributed by atoms with Crippen molar-refractivity contribution in [2.45, 2.75) is 12.7 Å². The number of alkyl halides is 3. The number of piperazine rings is 1. The standard InChI is InChI=1S/C27H24F3N7O3S/c1-41(39,40)36-11-9-35(10-12-36)18-20-5-6-22(14-24(20)27(28,29)30)34-26(38)21-13-19(15-31-16-21)4-7-23-17-32-25-3-2-8-33-37(23)25/h2-3,5-6,8,13-17H,9-12,18H2,1H3,(H,34,38). The second-order valence-electron chi connectivity index (χ2n) is 9.41. The van der Waals surface area contributed by atoms with Gasteiger partial charge in [-0.15, -0.1) is 0 Å². The lowest BCUT2D eigenvalue weighted by Crippen LogP contribution is -2.47. The molecule has 1 aromatic carbocycles. The van der Waals surface area contributed by atoms with Gasteiger partial charge in [0, 0.05) is 62.6 Å². The Balaban J connectivity index is 1.30. The molecular weight excluding hydrogens is 559 g/mol. The van der Waals surface area contributed by atoms with Gasteiger partial charge in [-0.3, -0.25) is 14.7 Å². The fraction of sp³-hybridized carbons (Fsp3) is 0.259. The van der Waals surface area contributed by atoms with E-state index in [0.717, 1.165) is 12.3 Å². The van der Waals surface area contributed by atoms with Crippen LogP contribution in [0.3, 0.4) is 0 Å². The number of anilines is 1. The molecule has 0 atom stereocenters. The number of hydrogen-bond acceptors (Lipinski definition) is 7. The summed E-state index contributed by atoms with van der Waals surface area (Å²) in [6.45, 7) is 1.03. The molecule has 4 heterocycles. The Bertz CT molecular complexity index is 1770. The van der Waals surface area contributed by atoms with Crippen molar-refractivity contribution >= 4 is 27.3 Å². The Morgan fingerprint density at radius 2 is 1.83 bits per heavy atom. The highest BCUT2D eigenvalue weighted by Gasteiger charge is 2.34. The summed E-state index contributed by atoms with van der Waals surface area (Å²) in [5.41, 5.74) is 0.834. The molecule has 1 aliphatic rings. The van der Waals surface area contributed by atoms with Gasteiger partial charge in [0.05, 0.1) is 23.6 Å². The van der Waals surface area contributed by atoms with Gasteiger partial charge in [0.15, 0.2) is 5.65 Å². The van der Waals surface area contributed by atoms with Gasteiger partial charge in [-0.05, 0) is 41.8 Å². The molecule has 10 nitrogen and oxygen atoms in total. The minimum Gasteiger partial charge on any atom is -0.322 e. The molecule has 1 N–H and O–H groups in total. The van der Waals surface area contributed by atoms with E-state index < -0.39 is 27.7 Å². The van der Waals surface area contributed by atoms with Crippen LogP contribution in [0, 0.1) is 11.8 Å². The minimum atomic E-state index is -4.66. The van der Waals surface area contributed by atoms with E-state index in [2.05, 4.69) is 32.2 Å². The Kier molecular flexibility index (Phi) is 7.76. The average molecular weight is 584 g/mol. The molecule has 0 bridgehead atoms. The summed E-state index contributed by atoms with van der Waals surface area (Å²) in [4.78, 5) is 22.9. The van der Waals surface area contributed by atoms with Crippen LogP contribution in [0.5, 0.6) is 0 Å². The summed E-state index contributed by atoms with van der Waals surface area (Å²) in [6, 6.07) is 8.65. The minimum absolute atomic E-state index is 0.00665. The third kappa shape index (κ3) is 6.71. The number of fused-ring (bicyclic) bond motifs is 1. The summed E-state index contributed by atoms with van der Waals surface area (Å²) in [6.07, 6.45) is 2.38. The summed E-state index contributed by atoms with van der Waals surface area (Å²) < 4.78 is 68.2. The molecule has 1 saturated heterocycles. The van der Waals surface area contributed by atoms with Crippen molar-refractivity contribution in [3.8, 4) is 11.8 Å². The maximum absolute atomic E-state index is 14.0. The monoisotopic (exact) mass is 583 g/mol. The number of pyridine rings is 1. The molecule has 3 aromatic heterocycles. The molecule has 0 unspecified atom stereocenters. The Morgan fingerprint density at radius 3 is 2.56 bits per heavy atom. The van der Waals surface area contributed by atoms with E-state index in [0.29, 0.717) is 30.0 Å². The Labute approximate surface area is 233 Å². The molecule has 1 amide bonds. The van der Waals surface area contributed by atoms with Crippen molar-refractivity contribution in [1.82, 2.24) is 28.8 Å². The number of sulfonamides is 1. The summed E-state index contributed by atoms with van der Waals surface area (Å²) in [5, 5.41) is 6.69. The maximum Gasteiger partial charge on any atom is 0.416 e. The highest BCUT2D eigenvalue weighted by Crippen LogP contribution is 2.34. The number of halogens is 3. The SMILES string of the molecule is CS(=O)(=O)N1CCN(Cc2ccc(NC(=O)c3cncc(C#Cc4cnc5cccnn45)c3)cc2C(F)(F)F)CC1. The van der Waals surface area contributed by atoms with Crippen LogP contribution in [-0.2, 0) is 22.7 Å². The van der Waals surface area contributed by atoms with Gasteiger partial charge in [0.25, 0.3) is 5.91 Å². The van der Waals surface area contributed by atoms with Crippen LogP contribution in [0.15, 0.2) is 61.2 Å². The van der Waals surface area contributed by atoms with E-state index in [-0.39, 0.29) is 36.4 Å². The molecule has 0 spiro atoms. The fourth-order valence-corrected chi connectivity index (χ4v) is 5.23. The van der Waals surface area contributed by atoms with Crippen LogP contribution in [0.1, 0.15) is 32.7 Å². The zero-order valence-electron chi connectivity index (χ0n) is 21.8. The maximum atomic E-state index is 14.0. The van der Waals surface area contributed by atoms with Crippen molar-refractivity contribution in [2.75, 3.05) is 37.8 Å². The molecule has 41 heavy (non-hydrogen) atoms. The zero-order valence-corrected chi connectivity index (χ0v) is 22.6. The van der Waals surface area contributed by atoms with Gasteiger partial charge < -0.3 is 5.32 Å². The first kappa shape index (κ1) is 28.2. The van der Waals surface area contributed by atoms with Gasteiger partial charge in [0.2, 0.25) is 10.0 Å². The predicted octanol–water partition coefficient (Wildman–Crippen LogP) is 2.87. The number of aromatic nitrogens is 4. The number of carbonyl (C=O) groups is 1. The quantitative estimate of drug-likeness (QED) is 0.360. The number of hydrogen-bond donors (Lipinski definition) is 1. The fourth-order valence-electron chi connectivity index (χ4n) is 4.40. The summed E-state index contributed by atoms with van der Waals surface area (Å²) >= 11 is 0. The van der Waals surface area contributed by atoms with E-state index in [1.165, 1.54) is 34.9 Å². The first-order chi connectivity index (χ1) is 19.5. The normalized spacial score (nSPS) is 14.9. The van der Waals surface area contributed by atoms with Crippen molar-refractivity contribution in [3.05, 3.63) is 89.1 Å². The van der Waals surface area contributed by atoms with Gasteiger partial charge in [-0.1, -0.05) is 12.0 Å². The van der Waals surface area contributed by atoms with Crippen LogP contribution in [-0.4, -0.2) is 75.5 Å². The second-order valence-corrected chi connectivity index (χ2v) is 11.4. The van der Waals surface area contributed by atoms with Crippen molar-refractivity contribution in [3.63, 3.8) is 0 Å². The number of imidazole rings is 1. The first-order valence-electron chi connectivity index (χ1n) is 12.4. The largest absolute Gasteiger partial charge is 0.416 e. The topological polar surface area (TPSA) is 113 Å². The lowest BCUT2D eigenvalue weighted by molar-refractivity contribution is -0.138. The number of nitrogens with zero attached hydrogens (tertiary/aromatic N) is 6. The number of rotatable bonds is 5. The van der Waals surface area contributed by atoms with E-state index in [1.807, 2.05) is 0 Å². The predicted molar refractivity (Wildman–Crippen MR) is 144 cm³/mol. The number of nitrogens with one attached hydrogen (secondary N) is 1. The molecule has 0 radical (unpaired) electrons. The summed E-state index contributed by atoms with van der Waals surface area (Å²) in [7, 11) is -3.35. The smallest absolute Gasteiger partial charge is 0.322 e. The van der Waals surface area contributed by atoms with Crippen LogP contribution < -0.4 is 5.32 Å². The molecule has 1 fully saturated rings. The highest BCUT2D eigenvalue weighted by molar-refractivity contribution is 7.88. The van der Waals surface area contributed by atoms with Gasteiger partial charge in [-0.2, -0.15) is 22.6 Å². The lowest BCUT2D eigenvalue weighted by Gasteiger charge is -2.33. The van der Waals surface area contributed by atoms with E-state index >= 15 is 0 Å². The van der Waals surface area contributed by atoms with E-state index in [9.17, 15) is 26.4 Å². The van der Waals surface area contributed by atoms with E-state index in [4.69, 9.17) is 0 Å². The number of amides is 1. The number of carbonyl (C=O) groups excluding carboxylic acids is 1. The molecule has 0 saturated carbocycles. The van der Waals surface area contributed by atoms with Gasteiger partial charge in [-0.25, -0.2) is 17.9 Å². The highest BCUT2D eigenvalue weighted by atomic mass is 32.2. The molecule has 4 aromatic rings.